The first-order valence-corrected chi connectivity index (χ1v) is 13.0. The molecule has 4 heteroatoms. The van der Waals surface area contributed by atoms with E-state index >= 15 is 0 Å². The largest absolute Gasteiger partial charge is 0.392 e. The lowest BCUT2D eigenvalue weighted by molar-refractivity contribution is 0.281. The monoisotopic (exact) mass is 513 g/mol. The van der Waals surface area contributed by atoms with E-state index in [1.807, 2.05) is 91.0 Å². The summed E-state index contributed by atoms with van der Waals surface area (Å²) >= 11 is 0. The molecule has 0 aliphatic heterocycles. The van der Waals surface area contributed by atoms with Crippen LogP contribution in [0.5, 0.6) is 0 Å². The number of nitrogens with zero attached hydrogens (tertiary/aromatic N) is 1. The van der Waals surface area contributed by atoms with Gasteiger partial charge in [-0.2, -0.15) is 0 Å². The van der Waals surface area contributed by atoms with Crippen molar-refractivity contribution in [1.82, 2.24) is 0 Å². The van der Waals surface area contributed by atoms with Crippen molar-refractivity contribution in [3.63, 3.8) is 0 Å². The third-order valence-corrected chi connectivity index (χ3v) is 6.75. The van der Waals surface area contributed by atoms with E-state index in [0.29, 0.717) is 0 Å². The number of rotatable bonds is 9. The maximum absolute atomic E-state index is 9.50. The summed E-state index contributed by atoms with van der Waals surface area (Å²) in [6.45, 7) is 0.0199. The molecular formula is C35H31NO3. The molecule has 5 aromatic carbocycles. The van der Waals surface area contributed by atoms with Gasteiger partial charge in [0.25, 0.3) is 0 Å². The van der Waals surface area contributed by atoms with Crippen LogP contribution in [0, 0.1) is 0 Å². The molecule has 5 aromatic rings. The zero-order chi connectivity index (χ0) is 27.0. The van der Waals surface area contributed by atoms with Crippen molar-refractivity contribution in [3.8, 4) is 0 Å². The highest BCUT2D eigenvalue weighted by Gasteiger charge is 2.13. The van der Waals surface area contributed by atoms with Crippen LogP contribution in [0.2, 0.25) is 0 Å². The van der Waals surface area contributed by atoms with Crippen LogP contribution in [0.25, 0.3) is 11.6 Å². The fraction of sp³-hybridized carbons (Fsp3) is 0.0857. The molecule has 0 saturated heterocycles. The van der Waals surface area contributed by atoms with E-state index in [1.165, 1.54) is 0 Å². The van der Waals surface area contributed by atoms with Crippen LogP contribution in [0.15, 0.2) is 127 Å². The van der Waals surface area contributed by atoms with E-state index < -0.39 is 0 Å². The summed E-state index contributed by atoms with van der Waals surface area (Å²) in [6, 6.07) is 42.4. The summed E-state index contributed by atoms with van der Waals surface area (Å²) in [5.74, 6) is 0. The van der Waals surface area contributed by atoms with Gasteiger partial charge in [-0.05, 0) is 81.4 Å². The number of anilines is 3. The van der Waals surface area contributed by atoms with Crippen LogP contribution in [0.1, 0.15) is 33.4 Å². The van der Waals surface area contributed by atoms with Gasteiger partial charge in [0.15, 0.2) is 0 Å². The smallest absolute Gasteiger partial charge is 0.0681 e. The lowest BCUT2D eigenvalue weighted by Gasteiger charge is -2.26. The number of benzene rings is 5. The molecule has 0 atom stereocenters. The van der Waals surface area contributed by atoms with E-state index in [-0.39, 0.29) is 19.8 Å². The van der Waals surface area contributed by atoms with Crippen molar-refractivity contribution in [3.05, 3.63) is 161 Å². The second-order valence-electron chi connectivity index (χ2n) is 9.36. The van der Waals surface area contributed by atoms with Crippen molar-refractivity contribution in [1.29, 1.82) is 0 Å². The summed E-state index contributed by atoms with van der Waals surface area (Å²) in [7, 11) is 0. The zero-order valence-electron chi connectivity index (χ0n) is 21.6. The summed E-state index contributed by atoms with van der Waals surface area (Å²) in [5, 5.41) is 28.5. The summed E-state index contributed by atoms with van der Waals surface area (Å²) in [5.41, 5.74) is 9.90. The zero-order valence-corrected chi connectivity index (χ0v) is 21.6. The molecule has 0 heterocycles. The van der Waals surface area contributed by atoms with Crippen molar-refractivity contribution < 1.29 is 15.3 Å². The molecule has 39 heavy (non-hydrogen) atoms. The molecule has 3 N–H and O–H groups in total. The maximum Gasteiger partial charge on any atom is 0.0681 e. The molecule has 0 unspecified atom stereocenters. The Morgan fingerprint density at radius 3 is 1.28 bits per heavy atom. The Labute approximate surface area is 229 Å². The van der Waals surface area contributed by atoms with Crippen molar-refractivity contribution in [2.24, 2.45) is 0 Å². The molecule has 5 rings (SSSR count). The van der Waals surface area contributed by atoms with Crippen molar-refractivity contribution >= 4 is 28.7 Å². The Morgan fingerprint density at radius 1 is 0.462 bits per heavy atom. The minimum Gasteiger partial charge on any atom is -0.392 e. The highest BCUT2D eigenvalue weighted by atomic mass is 16.3. The predicted molar refractivity (Wildman–Crippen MR) is 159 cm³/mol. The van der Waals surface area contributed by atoms with E-state index in [9.17, 15) is 15.3 Å². The van der Waals surface area contributed by atoms with Gasteiger partial charge in [0, 0.05) is 17.1 Å². The van der Waals surface area contributed by atoms with E-state index in [4.69, 9.17) is 0 Å². The molecule has 4 nitrogen and oxygen atoms in total. The second-order valence-corrected chi connectivity index (χ2v) is 9.36. The predicted octanol–water partition coefficient (Wildman–Crippen LogP) is 7.22. The first-order chi connectivity index (χ1) is 19.2. The molecule has 194 valence electrons. The van der Waals surface area contributed by atoms with Gasteiger partial charge in [0.05, 0.1) is 19.8 Å². The standard InChI is InChI=1S/C35H31NO3/c37-23-27-6-14-31(15-7-27)35(30-4-2-1-3-5-30)22-26-8-16-32(17-9-26)36(33-18-10-28(24-38)11-19-33)34-20-12-29(25-39)13-21-34/h1-22,37-39H,23-25H2/b35-22-. The Morgan fingerprint density at radius 2 is 0.846 bits per heavy atom. The summed E-state index contributed by atoms with van der Waals surface area (Å²) in [6.07, 6.45) is 2.18. The quantitative estimate of drug-likeness (QED) is 0.182. The van der Waals surface area contributed by atoms with Crippen molar-refractivity contribution in [2.75, 3.05) is 4.90 Å². The van der Waals surface area contributed by atoms with Crippen LogP contribution < -0.4 is 4.90 Å². The molecule has 0 fully saturated rings. The fourth-order valence-electron chi connectivity index (χ4n) is 4.58. The number of hydrogen-bond acceptors (Lipinski definition) is 4. The fourth-order valence-corrected chi connectivity index (χ4v) is 4.58. The van der Waals surface area contributed by atoms with Crippen LogP contribution >= 0.6 is 0 Å². The van der Waals surface area contributed by atoms with Gasteiger partial charge in [-0.3, -0.25) is 0 Å². The second kappa shape index (κ2) is 12.4. The van der Waals surface area contributed by atoms with Gasteiger partial charge in [0.1, 0.15) is 0 Å². The Balaban J connectivity index is 1.53. The average Bonchev–Trinajstić information content (AvgIpc) is 3.02. The van der Waals surface area contributed by atoms with Gasteiger partial charge < -0.3 is 20.2 Å². The first kappa shape index (κ1) is 26.1. The highest BCUT2D eigenvalue weighted by molar-refractivity contribution is 5.91. The Bertz CT molecular complexity index is 1460. The molecule has 0 saturated carbocycles. The minimum atomic E-state index is -0.00101. The van der Waals surface area contributed by atoms with Gasteiger partial charge in [0.2, 0.25) is 0 Å². The maximum atomic E-state index is 9.50. The summed E-state index contributed by atoms with van der Waals surface area (Å²) in [4.78, 5) is 2.15. The molecule has 0 aliphatic carbocycles. The van der Waals surface area contributed by atoms with Gasteiger partial charge in [-0.15, -0.1) is 0 Å². The molecule has 0 bridgehead atoms. The summed E-state index contributed by atoms with van der Waals surface area (Å²) < 4.78 is 0. The first-order valence-electron chi connectivity index (χ1n) is 13.0. The normalized spacial score (nSPS) is 11.4. The van der Waals surface area contributed by atoms with E-state index in [1.54, 1.807) is 0 Å². The molecular weight excluding hydrogens is 482 g/mol. The third kappa shape index (κ3) is 6.16. The highest BCUT2D eigenvalue weighted by Crippen LogP contribution is 2.35. The SMILES string of the molecule is OCc1ccc(/C(=C\c2ccc(N(c3ccc(CO)cc3)c3ccc(CO)cc3)cc2)c2ccccc2)cc1. The number of hydrogen-bond donors (Lipinski definition) is 3. The Kier molecular flexibility index (Phi) is 8.29. The number of aliphatic hydroxyl groups is 3. The van der Waals surface area contributed by atoms with Gasteiger partial charge in [-0.25, -0.2) is 0 Å². The van der Waals surface area contributed by atoms with Crippen molar-refractivity contribution in [2.45, 2.75) is 19.8 Å². The topological polar surface area (TPSA) is 63.9 Å². The molecule has 0 spiro atoms. The van der Waals surface area contributed by atoms with Gasteiger partial charge in [-0.1, -0.05) is 91.0 Å². The Hall–Kier alpha value is -4.48. The minimum absolute atomic E-state index is 0.00101. The van der Waals surface area contributed by atoms with E-state index in [0.717, 1.165) is 56.0 Å². The van der Waals surface area contributed by atoms with E-state index in [2.05, 4.69) is 47.4 Å². The molecule has 0 aliphatic rings. The number of aliphatic hydroxyl groups excluding tert-OH is 3. The lowest BCUT2D eigenvalue weighted by Crippen LogP contribution is -2.10. The van der Waals surface area contributed by atoms with Crippen LogP contribution in [0.4, 0.5) is 17.1 Å². The van der Waals surface area contributed by atoms with Crippen LogP contribution in [0.3, 0.4) is 0 Å². The van der Waals surface area contributed by atoms with Crippen LogP contribution in [-0.2, 0) is 19.8 Å². The average molecular weight is 514 g/mol. The molecule has 0 amide bonds. The third-order valence-electron chi connectivity index (χ3n) is 6.75. The molecule has 0 aromatic heterocycles. The van der Waals surface area contributed by atoms with Gasteiger partial charge >= 0.3 is 0 Å². The molecule has 0 radical (unpaired) electrons. The van der Waals surface area contributed by atoms with Crippen LogP contribution in [-0.4, -0.2) is 15.3 Å². The lowest BCUT2D eigenvalue weighted by atomic mass is 9.95.